The maximum atomic E-state index is 11.6. The maximum Gasteiger partial charge on any atom is 0.139 e. The van der Waals surface area contributed by atoms with Crippen molar-refractivity contribution in [1.82, 2.24) is 0 Å². The second kappa shape index (κ2) is 1.98. The molecule has 0 heterocycles. The topological polar surface area (TPSA) is 34.1 Å². The molecule has 2 nitrogen and oxygen atoms in total. The smallest absolute Gasteiger partial charge is 0.139 e. The predicted octanol–water partition coefficient (Wildman–Crippen LogP) is 1.72. The fourth-order valence-corrected chi connectivity index (χ4v) is 2.72. The van der Waals surface area contributed by atoms with Crippen LogP contribution in [0.3, 0.4) is 0 Å². The van der Waals surface area contributed by atoms with Crippen LogP contribution in [0, 0.1) is 10.8 Å². The molecule has 0 aromatic heterocycles. The summed E-state index contributed by atoms with van der Waals surface area (Å²) in [4.78, 5) is 23.2. The highest BCUT2D eigenvalue weighted by atomic mass is 16.1. The first-order valence-electron chi connectivity index (χ1n) is 4.57. The van der Waals surface area contributed by atoms with E-state index in [0.29, 0.717) is 24.4 Å². The Bertz CT molecular complexity index is 241. The van der Waals surface area contributed by atoms with Gasteiger partial charge in [-0.2, -0.15) is 0 Å². The number of fused-ring (bicyclic) bond motifs is 1. The van der Waals surface area contributed by atoms with Crippen molar-refractivity contribution < 1.29 is 9.59 Å². The lowest BCUT2D eigenvalue weighted by atomic mass is 9.70. The van der Waals surface area contributed by atoms with Crippen LogP contribution in [0.15, 0.2) is 0 Å². The van der Waals surface area contributed by atoms with Crippen LogP contribution in [0.5, 0.6) is 0 Å². The van der Waals surface area contributed by atoms with Gasteiger partial charge in [0, 0.05) is 23.7 Å². The van der Waals surface area contributed by atoms with E-state index in [0.717, 1.165) is 12.8 Å². The van der Waals surface area contributed by atoms with Crippen molar-refractivity contribution in [2.24, 2.45) is 10.8 Å². The first-order valence-corrected chi connectivity index (χ1v) is 4.57. The fraction of sp³-hybridized carbons (Fsp3) is 0.800. The van der Waals surface area contributed by atoms with E-state index in [-0.39, 0.29) is 10.8 Å². The fourth-order valence-electron chi connectivity index (χ4n) is 2.72. The Balaban J connectivity index is 2.50. The minimum Gasteiger partial charge on any atom is -0.299 e. The van der Waals surface area contributed by atoms with Crippen molar-refractivity contribution in [2.45, 2.75) is 39.5 Å². The standard InChI is InChI=1S/C10H14O2/c1-9-5-3-8(12)10(9,2)6-4-7(9)11/h3-6H2,1-2H3/t9-,10-/m0/s1. The molecule has 2 atom stereocenters. The van der Waals surface area contributed by atoms with Gasteiger partial charge in [-0.3, -0.25) is 9.59 Å². The zero-order valence-electron chi connectivity index (χ0n) is 7.64. The molecule has 0 saturated heterocycles. The molecule has 0 aromatic carbocycles. The summed E-state index contributed by atoms with van der Waals surface area (Å²) in [6, 6.07) is 0. The van der Waals surface area contributed by atoms with Gasteiger partial charge in [0.1, 0.15) is 11.6 Å². The Kier molecular flexibility index (Phi) is 1.31. The van der Waals surface area contributed by atoms with Crippen LogP contribution in [0.25, 0.3) is 0 Å². The van der Waals surface area contributed by atoms with Crippen molar-refractivity contribution in [3.8, 4) is 0 Å². The quantitative estimate of drug-likeness (QED) is 0.549. The van der Waals surface area contributed by atoms with Crippen LogP contribution in [0.4, 0.5) is 0 Å². The summed E-state index contributed by atoms with van der Waals surface area (Å²) in [6.07, 6.45) is 2.78. The SMILES string of the molecule is C[C@@]12CCC(=O)[C@]1(C)CCC2=O. The maximum absolute atomic E-state index is 11.6. The third-order valence-corrected chi connectivity index (χ3v) is 4.15. The van der Waals surface area contributed by atoms with Gasteiger partial charge in [0.2, 0.25) is 0 Å². The molecule has 0 N–H and O–H groups in total. The number of ketones is 2. The Labute approximate surface area is 72.3 Å². The summed E-state index contributed by atoms with van der Waals surface area (Å²) >= 11 is 0. The highest BCUT2D eigenvalue weighted by Gasteiger charge is 2.61. The third kappa shape index (κ3) is 0.621. The van der Waals surface area contributed by atoms with Gasteiger partial charge in [0.15, 0.2) is 0 Å². The highest BCUT2D eigenvalue weighted by molar-refractivity contribution is 6.01. The van der Waals surface area contributed by atoms with E-state index in [1.165, 1.54) is 0 Å². The van der Waals surface area contributed by atoms with Gasteiger partial charge in [-0.1, -0.05) is 13.8 Å². The van der Waals surface area contributed by atoms with E-state index in [2.05, 4.69) is 0 Å². The molecule has 0 spiro atoms. The van der Waals surface area contributed by atoms with E-state index in [9.17, 15) is 9.59 Å². The van der Waals surface area contributed by atoms with Gasteiger partial charge < -0.3 is 0 Å². The third-order valence-electron chi connectivity index (χ3n) is 4.15. The number of hydrogen-bond acceptors (Lipinski definition) is 2. The summed E-state index contributed by atoms with van der Waals surface area (Å²) < 4.78 is 0. The van der Waals surface area contributed by atoms with E-state index in [4.69, 9.17) is 0 Å². The minimum absolute atomic E-state index is 0.302. The lowest BCUT2D eigenvalue weighted by molar-refractivity contribution is -0.133. The number of rotatable bonds is 0. The van der Waals surface area contributed by atoms with Crippen LogP contribution in [-0.4, -0.2) is 11.6 Å². The average molecular weight is 166 g/mol. The van der Waals surface area contributed by atoms with Crippen LogP contribution >= 0.6 is 0 Å². The van der Waals surface area contributed by atoms with Crippen molar-refractivity contribution >= 4 is 11.6 Å². The number of carbonyl (C=O) groups is 2. The molecule has 0 aromatic rings. The Morgan fingerprint density at radius 3 is 1.58 bits per heavy atom. The summed E-state index contributed by atoms with van der Waals surface area (Å²) in [6.45, 7) is 3.93. The highest BCUT2D eigenvalue weighted by Crippen LogP contribution is 2.58. The van der Waals surface area contributed by atoms with Crippen LogP contribution in [0.1, 0.15) is 39.5 Å². The second-order valence-electron chi connectivity index (χ2n) is 4.51. The van der Waals surface area contributed by atoms with Crippen molar-refractivity contribution in [3.05, 3.63) is 0 Å². The zero-order chi connectivity index (χ0) is 8.98. The number of hydrogen-bond donors (Lipinski definition) is 0. The van der Waals surface area contributed by atoms with E-state index < -0.39 is 0 Å². The molecule has 0 amide bonds. The summed E-state index contributed by atoms with van der Waals surface area (Å²) in [5.74, 6) is 0.603. The molecule has 2 rings (SSSR count). The molecule has 0 radical (unpaired) electrons. The first-order chi connectivity index (χ1) is 5.51. The molecule has 2 fully saturated rings. The van der Waals surface area contributed by atoms with Gasteiger partial charge in [-0.25, -0.2) is 0 Å². The van der Waals surface area contributed by atoms with Crippen LogP contribution in [0.2, 0.25) is 0 Å². The summed E-state index contributed by atoms with van der Waals surface area (Å²) in [5, 5.41) is 0. The van der Waals surface area contributed by atoms with E-state index in [1.807, 2.05) is 13.8 Å². The molecule has 2 aliphatic rings. The Morgan fingerprint density at radius 1 is 0.917 bits per heavy atom. The largest absolute Gasteiger partial charge is 0.299 e. The monoisotopic (exact) mass is 166 g/mol. The van der Waals surface area contributed by atoms with Gasteiger partial charge in [-0.15, -0.1) is 0 Å². The van der Waals surface area contributed by atoms with E-state index >= 15 is 0 Å². The van der Waals surface area contributed by atoms with Gasteiger partial charge in [0.05, 0.1) is 0 Å². The molecule has 2 heteroatoms. The predicted molar refractivity (Wildman–Crippen MR) is 44.7 cm³/mol. The molecule has 66 valence electrons. The molecular formula is C10H14O2. The molecule has 0 aliphatic heterocycles. The van der Waals surface area contributed by atoms with Gasteiger partial charge >= 0.3 is 0 Å². The van der Waals surface area contributed by atoms with Crippen LogP contribution in [-0.2, 0) is 9.59 Å². The zero-order valence-corrected chi connectivity index (χ0v) is 7.64. The lowest BCUT2D eigenvalue weighted by Crippen LogP contribution is -2.35. The Morgan fingerprint density at radius 2 is 1.25 bits per heavy atom. The van der Waals surface area contributed by atoms with Gasteiger partial charge in [-0.05, 0) is 12.8 Å². The molecule has 2 saturated carbocycles. The first kappa shape index (κ1) is 7.96. The molecule has 2 aliphatic carbocycles. The number of Topliss-reactive ketones (excluding diaryl/α,β-unsaturated/α-hetero) is 2. The normalized spacial score (nSPS) is 46.8. The average Bonchev–Trinajstić information content (AvgIpc) is 2.39. The molecule has 0 bridgehead atoms. The van der Waals surface area contributed by atoms with E-state index in [1.54, 1.807) is 0 Å². The second-order valence-corrected chi connectivity index (χ2v) is 4.51. The Hall–Kier alpha value is -0.660. The molecule has 12 heavy (non-hydrogen) atoms. The summed E-state index contributed by atoms with van der Waals surface area (Å²) in [7, 11) is 0. The van der Waals surface area contributed by atoms with Crippen molar-refractivity contribution in [3.63, 3.8) is 0 Å². The minimum atomic E-state index is -0.315. The van der Waals surface area contributed by atoms with Crippen LogP contribution < -0.4 is 0 Å². The van der Waals surface area contributed by atoms with Gasteiger partial charge in [0.25, 0.3) is 0 Å². The molecule has 0 unspecified atom stereocenters. The summed E-state index contributed by atoms with van der Waals surface area (Å²) in [5.41, 5.74) is -0.631. The molecular weight excluding hydrogens is 152 g/mol. The number of carbonyl (C=O) groups excluding carboxylic acids is 2. The van der Waals surface area contributed by atoms with Crippen molar-refractivity contribution in [2.75, 3.05) is 0 Å². The lowest BCUT2D eigenvalue weighted by Gasteiger charge is -2.30. The van der Waals surface area contributed by atoms with Crippen molar-refractivity contribution in [1.29, 1.82) is 0 Å².